The number of rotatable bonds is 3. The smallest absolute Gasteiger partial charge is 0.352 e. The van der Waals surface area contributed by atoms with Gasteiger partial charge in [0.05, 0.1) is 34.5 Å². The molecule has 1 atom stereocenters. The Morgan fingerprint density at radius 1 is 1.08 bits per heavy atom. The van der Waals surface area contributed by atoms with Crippen LogP contribution >= 0.6 is 0 Å². The van der Waals surface area contributed by atoms with Crippen molar-refractivity contribution in [3.63, 3.8) is 0 Å². The largest absolute Gasteiger partial charge is 0.416 e. The monoisotopic (exact) mass is 503 g/mol. The lowest BCUT2D eigenvalue weighted by molar-refractivity contribution is -0.137. The van der Waals surface area contributed by atoms with Crippen molar-refractivity contribution in [2.24, 2.45) is 0 Å². The van der Waals surface area contributed by atoms with Gasteiger partial charge in [-0.05, 0) is 59.2 Å². The molecular formula is C27H20F3N5O2. The second-order valence-electron chi connectivity index (χ2n) is 8.70. The third kappa shape index (κ3) is 4.18. The molecule has 3 amide bonds. The Morgan fingerprint density at radius 2 is 1.84 bits per heavy atom. The number of pyridine rings is 1. The van der Waals surface area contributed by atoms with Crippen molar-refractivity contribution >= 4 is 17.6 Å². The first-order valence-electron chi connectivity index (χ1n) is 11.4. The summed E-state index contributed by atoms with van der Waals surface area (Å²) in [7, 11) is 1.51. The minimum absolute atomic E-state index is 0.0292. The van der Waals surface area contributed by atoms with Crippen LogP contribution in [0, 0.1) is 11.3 Å². The standard InChI is InChI=1S/C27H20F3N5O2/c1-34-24(20-6-5-16(15-31)13-21(20)17-7-10-32-11-8-17)23-22(9-12-33-25(23)36)35(26(34)37)19-4-2-3-18(14-19)27(28,29)30/h2-8,10-11,13-14,24H,9,12H2,1H3,(H,33,36). The normalized spacial score (nSPS) is 17.9. The van der Waals surface area contributed by atoms with Crippen molar-refractivity contribution in [1.82, 2.24) is 15.2 Å². The highest BCUT2D eigenvalue weighted by Crippen LogP contribution is 2.44. The third-order valence-electron chi connectivity index (χ3n) is 6.53. The molecule has 186 valence electrons. The van der Waals surface area contributed by atoms with Crippen LogP contribution in [0.15, 0.2) is 78.3 Å². The average molecular weight is 503 g/mol. The summed E-state index contributed by atoms with van der Waals surface area (Å²) in [6.45, 7) is 0.238. The molecular weight excluding hydrogens is 483 g/mol. The summed E-state index contributed by atoms with van der Waals surface area (Å²) in [5.41, 5.74) is 2.14. The number of likely N-dealkylation sites (N-methyl/N-ethyl adjacent to an activating group) is 1. The van der Waals surface area contributed by atoms with Crippen LogP contribution in [-0.2, 0) is 11.0 Å². The van der Waals surface area contributed by atoms with Crippen LogP contribution in [0.2, 0.25) is 0 Å². The highest BCUT2D eigenvalue weighted by Gasteiger charge is 2.44. The minimum Gasteiger partial charge on any atom is -0.352 e. The van der Waals surface area contributed by atoms with Crippen LogP contribution in [0.5, 0.6) is 0 Å². The van der Waals surface area contributed by atoms with Gasteiger partial charge < -0.3 is 10.2 Å². The Balaban J connectivity index is 1.73. The highest BCUT2D eigenvalue weighted by atomic mass is 19.4. The van der Waals surface area contributed by atoms with Gasteiger partial charge in [-0.2, -0.15) is 18.4 Å². The Hall–Kier alpha value is -4.65. The number of carbonyl (C=O) groups excluding carboxylic acids is 2. The zero-order valence-corrected chi connectivity index (χ0v) is 19.6. The number of nitrogens with one attached hydrogen (secondary N) is 1. The Bertz CT molecular complexity index is 1480. The van der Waals surface area contributed by atoms with Gasteiger partial charge in [0.25, 0.3) is 5.91 Å². The molecule has 0 aliphatic carbocycles. The van der Waals surface area contributed by atoms with Gasteiger partial charge in [-0.15, -0.1) is 0 Å². The molecule has 7 nitrogen and oxygen atoms in total. The number of nitriles is 1. The summed E-state index contributed by atoms with van der Waals surface area (Å²) in [6, 6.07) is 13.7. The van der Waals surface area contributed by atoms with Crippen molar-refractivity contribution in [2.45, 2.75) is 18.6 Å². The van der Waals surface area contributed by atoms with E-state index in [4.69, 9.17) is 0 Å². The van der Waals surface area contributed by atoms with E-state index >= 15 is 0 Å². The lowest BCUT2D eigenvalue weighted by atomic mass is 9.85. The van der Waals surface area contributed by atoms with Gasteiger partial charge in [-0.25, -0.2) is 4.79 Å². The third-order valence-corrected chi connectivity index (χ3v) is 6.53. The van der Waals surface area contributed by atoms with Gasteiger partial charge in [0.1, 0.15) is 0 Å². The quantitative estimate of drug-likeness (QED) is 0.543. The van der Waals surface area contributed by atoms with Gasteiger partial charge in [-0.1, -0.05) is 12.1 Å². The van der Waals surface area contributed by atoms with E-state index in [-0.39, 0.29) is 24.2 Å². The number of halogens is 3. The number of aromatic nitrogens is 1. The number of amides is 3. The molecule has 1 N–H and O–H groups in total. The molecule has 1 aromatic heterocycles. The van der Waals surface area contributed by atoms with E-state index in [0.29, 0.717) is 22.4 Å². The van der Waals surface area contributed by atoms with Gasteiger partial charge in [0.2, 0.25) is 0 Å². The van der Waals surface area contributed by atoms with Crippen molar-refractivity contribution in [3.05, 3.63) is 95.0 Å². The Labute approximate surface area is 210 Å². The zero-order chi connectivity index (χ0) is 26.3. The van der Waals surface area contributed by atoms with Gasteiger partial charge in [0, 0.05) is 38.1 Å². The lowest BCUT2D eigenvalue weighted by Gasteiger charge is -2.44. The Morgan fingerprint density at radius 3 is 2.54 bits per heavy atom. The van der Waals surface area contributed by atoms with E-state index in [1.807, 2.05) is 0 Å². The summed E-state index contributed by atoms with van der Waals surface area (Å²) in [6.07, 6.45) is -1.14. The fraction of sp³-hybridized carbons (Fsp3) is 0.185. The fourth-order valence-corrected chi connectivity index (χ4v) is 4.84. The first kappa shape index (κ1) is 24.1. The molecule has 5 rings (SSSR count). The number of alkyl halides is 3. The maximum atomic E-state index is 13.7. The lowest BCUT2D eigenvalue weighted by Crippen LogP contribution is -2.53. The van der Waals surface area contributed by atoms with Crippen molar-refractivity contribution in [2.75, 3.05) is 18.5 Å². The van der Waals surface area contributed by atoms with Crippen LogP contribution in [-0.4, -0.2) is 35.4 Å². The number of hydrogen-bond acceptors (Lipinski definition) is 4. The number of carbonyl (C=O) groups is 2. The number of anilines is 1. The van der Waals surface area contributed by atoms with Crippen LogP contribution in [0.25, 0.3) is 11.1 Å². The number of urea groups is 1. The van der Waals surface area contributed by atoms with Crippen molar-refractivity contribution in [3.8, 4) is 17.2 Å². The first-order chi connectivity index (χ1) is 17.7. The molecule has 0 bridgehead atoms. The highest BCUT2D eigenvalue weighted by molar-refractivity contribution is 6.06. The summed E-state index contributed by atoms with van der Waals surface area (Å²) < 4.78 is 40.3. The van der Waals surface area contributed by atoms with E-state index < -0.39 is 29.7 Å². The van der Waals surface area contributed by atoms with Gasteiger partial charge in [0.15, 0.2) is 0 Å². The molecule has 2 aromatic carbocycles. The summed E-state index contributed by atoms with van der Waals surface area (Å²) in [4.78, 5) is 33.6. The Kier molecular flexibility index (Phi) is 5.91. The molecule has 0 saturated heterocycles. The summed E-state index contributed by atoms with van der Waals surface area (Å²) in [5.74, 6) is -0.410. The van der Waals surface area contributed by atoms with Gasteiger partial charge in [-0.3, -0.25) is 14.7 Å². The number of benzene rings is 2. The zero-order valence-electron chi connectivity index (χ0n) is 19.6. The molecule has 37 heavy (non-hydrogen) atoms. The van der Waals surface area contributed by atoms with Crippen LogP contribution < -0.4 is 10.2 Å². The second-order valence-corrected chi connectivity index (χ2v) is 8.70. The SMILES string of the molecule is CN1C(=O)N(c2cccc(C(F)(F)F)c2)C2=C(C(=O)NCC2)C1c1ccc(C#N)cc1-c1ccncc1. The summed E-state index contributed by atoms with van der Waals surface area (Å²) in [5, 5.41) is 12.3. The number of nitrogens with zero attached hydrogens (tertiary/aromatic N) is 4. The molecule has 0 spiro atoms. The van der Waals surface area contributed by atoms with Crippen LogP contribution in [0.3, 0.4) is 0 Å². The average Bonchev–Trinajstić information content (AvgIpc) is 2.90. The van der Waals surface area contributed by atoms with E-state index in [1.165, 1.54) is 29.0 Å². The molecule has 0 radical (unpaired) electrons. The predicted molar refractivity (Wildman–Crippen MR) is 129 cm³/mol. The first-order valence-corrected chi connectivity index (χ1v) is 11.4. The topological polar surface area (TPSA) is 89.3 Å². The van der Waals surface area contributed by atoms with Gasteiger partial charge >= 0.3 is 12.2 Å². The molecule has 2 aliphatic heterocycles. The molecule has 10 heteroatoms. The van der Waals surface area contributed by atoms with Crippen molar-refractivity contribution < 1.29 is 22.8 Å². The van der Waals surface area contributed by atoms with E-state index in [0.717, 1.165) is 17.7 Å². The van der Waals surface area contributed by atoms with E-state index in [2.05, 4.69) is 16.4 Å². The maximum Gasteiger partial charge on any atom is 0.416 e. The molecule has 0 saturated carbocycles. The molecule has 2 aliphatic rings. The van der Waals surface area contributed by atoms with Crippen LogP contribution in [0.1, 0.15) is 29.2 Å². The second kappa shape index (κ2) is 9.09. The maximum absolute atomic E-state index is 13.7. The molecule has 3 heterocycles. The predicted octanol–water partition coefficient (Wildman–Crippen LogP) is 5.03. The molecule has 3 aromatic rings. The molecule has 0 fully saturated rings. The van der Waals surface area contributed by atoms with Crippen LogP contribution in [0.4, 0.5) is 23.7 Å². The molecule has 1 unspecified atom stereocenters. The fourth-order valence-electron chi connectivity index (χ4n) is 4.84. The van der Waals surface area contributed by atoms with E-state index in [9.17, 15) is 28.0 Å². The summed E-state index contributed by atoms with van der Waals surface area (Å²) >= 11 is 0. The van der Waals surface area contributed by atoms with Crippen molar-refractivity contribution in [1.29, 1.82) is 5.26 Å². The van der Waals surface area contributed by atoms with E-state index in [1.54, 1.807) is 42.7 Å². The number of hydrogen-bond donors (Lipinski definition) is 1. The minimum atomic E-state index is -4.59.